The Hall–Kier alpha value is -3.89. The SMILES string of the molecule is CCOc1ccc(N2C(=O)/C(=C\c3ccc(OCc4ccc([N+](=O)[O-])cc4)c(OC)c3)SC2=S)cc1. The molecule has 0 atom stereocenters. The van der Waals surface area contributed by atoms with Crippen LogP contribution >= 0.6 is 24.0 Å². The molecule has 1 fully saturated rings. The Morgan fingerprint density at radius 2 is 1.75 bits per heavy atom. The van der Waals surface area contributed by atoms with Crippen molar-refractivity contribution in [3.05, 3.63) is 92.9 Å². The van der Waals surface area contributed by atoms with Gasteiger partial charge in [0, 0.05) is 12.1 Å². The topological polar surface area (TPSA) is 91.1 Å². The summed E-state index contributed by atoms with van der Waals surface area (Å²) in [6, 6.07) is 18.7. The Bertz CT molecular complexity index is 1320. The highest BCUT2D eigenvalue weighted by atomic mass is 32.2. The standard InChI is InChI=1S/C26H22N2O6S2/c1-3-33-21-11-9-19(10-12-21)27-25(29)24(36-26(27)35)15-18-6-13-22(23(14-18)32-2)34-16-17-4-7-20(8-5-17)28(30)31/h4-15H,3,16H2,1-2H3/b24-15+. The molecule has 0 aliphatic carbocycles. The number of thiocarbonyl (C=S) groups is 1. The minimum absolute atomic E-state index is 0.0219. The summed E-state index contributed by atoms with van der Waals surface area (Å²) in [4.78, 5) is 25.5. The van der Waals surface area contributed by atoms with Gasteiger partial charge in [-0.05, 0) is 72.7 Å². The lowest BCUT2D eigenvalue weighted by atomic mass is 10.1. The van der Waals surface area contributed by atoms with Crippen LogP contribution in [0.1, 0.15) is 18.1 Å². The minimum atomic E-state index is -0.446. The van der Waals surface area contributed by atoms with Crippen LogP contribution in [0.15, 0.2) is 71.6 Å². The Morgan fingerprint density at radius 1 is 1.03 bits per heavy atom. The second-order valence-corrected chi connectivity index (χ2v) is 9.24. The predicted molar refractivity (Wildman–Crippen MR) is 144 cm³/mol. The molecule has 0 radical (unpaired) electrons. The number of hydrogen-bond acceptors (Lipinski definition) is 8. The number of carbonyl (C=O) groups excluding carboxylic acids is 1. The average Bonchev–Trinajstić information content (AvgIpc) is 3.16. The van der Waals surface area contributed by atoms with Crippen molar-refractivity contribution in [2.45, 2.75) is 13.5 Å². The van der Waals surface area contributed by atoms with E-state index in [1.54, 1.807) is 54.6 Å². The molecule has 0 unspecified atom stereocenters. The fourth-order valence-electron chi connectivity index (χ4n) is 3.47. The maximum Gasteiger partial charge on any atom is 0.270 e. The van der Waals surface area contributed by atoms with Crippen LogP contribution in [-0.4, -0.2) is 28.9 Å². The van der Waals surface area contributed by atoms with Crippen LogP contribution in [0.2, 0.25) is 0 Å². The van der Waals surface area contributed by atoms with E-state index in [-0.39, 0.29) is 18.2 Å². The molecule has 3 aromatic rings. The third kappa shape index (κ3) is 5.67. The molecule has 36 heavy (non-hydrogen) atoms. The molecule has 0 aromatic heterocycles. The van der Waals surface area contributed by atoms with Crippen molar-refractivity contribution in [1.29, 1.82) is 0 Å². The van der Waals surface area contributed by atoms with E-state index in [1.807, 2.05) is 13.0 Å². The average molecular weight is 523 g/mol. The van der Waals surface area contributed by atoms with Crippen molar-refractivity contribution < 1.29 is 23.9 Å². The number of anilines is 1. The summed E-state index contributed by atoms with van der Waals surface area (Å²) in [6.07, 6.45) is 1.76. The zero-order valence-electron chi connectivity index (χ0n) is 19.5. The Kier molecular flexibility index (Phi) is 7.87. The van der Waals surface area contributed by atoms with Crippen molar-refractivity contribution in [1.82, 2.24) is 0 Å². The first kappa shape index (κ1) is 25.2. The number of hydrogen-bond donors (Lipinski definition) is 0. The fraction of sp³-hybridized carbons (Fsp3) is 0.154. The summed E-state index contributed by atoms with van der Waals surface area (Å²) in [5.74, 6) is 1.53. The van der Waals surface area contributed by atoms with Crippen LogP contribution in [0.3, 0.4) is 0 Å². The number of nitrogens with zero attached hydrogens (tertiary/aromatic N) is 2. The van der Waals surface area contributed by atoms with Gasteiger partial charge in [-0.15, -0.1) is 0 Å². The lowest BCUT2D eigenvalue weighted by Gasteiger charge is -2.15. The van der Waals surface area contributed by atoms with E-state index in [0.717, 1.165) is 16.9 Å². The molecular formula is C26H22N2O6S2. The molecule has 1 aliphatic heterocycles. The number of nitro groups is 1. The van der Waals surface area contributed by atoms with Crippen LogP contribution in [0, 0.1) is 10.1 Å². The second kappa shape index (κ2) is 11.2. The monoisotopic (exact) mass is 522 g/mol. The van der Waals surface area contributed by atoms with Crippen LogP contribution in [0.5, 0.6) is 17.2 Å². The molecule has 8 nitrogen and oxygen atoms in total. The third-order valence-corrected chi connectivity index (χ3v) is 6.53. The number of carbonyl (C=O) groups is 1. The van der Waals surface area contributed by atoms with Gasteiger partial charge in [-0.1, -0.05) is 30.0 Å². The molecule has 3 aromatic carbocycles. The fourth-order valence-corrected chi connectivity index (χ4v) is 4.77. The van der Waals surface area contributed by atoms with Gasteiger partial charge in [0.1, 0.15) is 12.4 Å². The maximum atomic E-state index is 13.1. The van der Waals surface area contributed by atoms with Crippen molar-refractivity contribution in [2.75, 3.05) is 18.6 Å². The number of thioether (sulfide) groups is 1. The zero-order valence-corrected chi connectivity index (χ0v) is 21.1. The van der Waals surface area contributed by atoms with Crippen molar-refractivity contribution in [2.24, 2.45) is 0 Å². The number of benzene rings is 3. The Labute approximate surface area is 217 Å². The summed E-state index contributed by atoms with van der Waals surface area (Å²) >= 11 is 6.70. The number of rotatable bonds is 9. The van der Waals surface area contributed by atoms with Gasteiger partial charge >= 0.3 is 0 Å². The lowest BCUT2D eigenvalue weighted by Crippen LogP contribution is -2.27. The van der Waals surface area contributed by atoms with E-state index in [0.29, 0.717) is 33.0 Å². The van der Waals surface area contributed by atoms with E-state index < -0.39 is 4.92 Å². The van der Waals surface area contributed by atoms with Crippen LogP contribution in [-0.2, 0) is 11.4 Å². The van der Waals surface area contributed by atoms with Crippen molar-refractivity contribution >= 4 is 51.7 Å². The van der Waals surface area contributed by atoms with Crippen LogP contribution in [0.25, 0.3) is 6.08 Å². The maximum absolute atomic E-state index is 13.1. The molecule has 1 heterocycles. The first-order valence-electron chi connectivity index (χ1n) is 10.9. The third-order valence-electron chi connectivity index (χ3n) is 5.23. The Morgan fingerprint density at radius 3 is 2.39 bits per heavy atom. The van der Waals surface area contributed by atoms with E-state index in [2.05, 4.69) is 0 Å². The van der Waals surface area contributed by atoms with Gasteiger partial charge in [0.25, 0.3) is 11.6 Å². The molecule has 184 valence electrons. The minimum Gasteiger partial charge on any atom is -0.494 e. The van der Waals surface area contributed by atoms with Gasteiger partial charge in [0.05, 0.1) is 29.2 Å². The van der Waals surface area contributed by atoms with Crippen molar-refractivity contribution in [3.8, 4) is 17.2 Å². The summed E-state index contributed by atoms with van der Waals surface area (Å²) < 4.78 is 17.2. The molecule has 1 amide bonds. The van der Waals surface area contributed by atoms with Crippen LogP contribution in [0.4, 0.5) is 11.4 Å². The van der Waals surface area contributed by atoms with E-state index in [9.17, 15) is 14.9 Å². The second-order valence-electron chi connectivity index (χ2n) is 7.57. The van der Waals surface area contributed by atoms with Gasteiger partial charge in [0.2, 0.25) is 0 Å². The number of nitro benzene ring substituents is 1. The highest BCUT2D eigenvalue weighted by Gasteiger charge is 2.33. The molecule has 0 N–H and O–H groups in total. The first-order chi connectivity index (χ1) is 17.4. The van der Waals surface area contributed by atoms with E-state index in [1.165, 1.54) is 35.9 Å². The normalized spacial score (nSPS) is 14.3. The van der Waals surface area contributed by atoms with Gasteiger partial charge < -0.3 is 14.2 Å². The molecule has 1 aliphatic rings. The summed E-state index contributed by atoms with van der Waals surface area (Å²) in [5, 5.41) is 10.8. The van der Waals surface area contributed by atoms with Gasteiger partial charge in [-0.3, -0.25) is 19.8 Å². The van der Waals surface area contributed by atoms with E-state index >= 15 is 0 Å². The summed E-state index contributed by atoms with van der Waals surface area (Å²) in [6.45, 7) is 2.69. The molecular weight excluding hydrogens is 500 g/mol. The molecule has 10 heteroatoms. The lowest BCUT2D eigenvalue weighted by molar-refractivity contribution is -0.384. The zero-order chi connectivity index (χ0) is 25.7. The van der Waals surface area contributed by atoms with Crippen LogP contribution < -0.4 is 19.1 Å². The number of amides is 1. The highest BCUT2D eigenvalue weighted by molar-refractivity contribution is 8.27. The molecule has 0 bridgehead atoms. The first-order valence-corrected chi connectivity index (χ1v) is 12.2. The molecule has 1 saturated heterocycles. The highest BCUT2D eigenvalue weighted by Crippen LogP contribution is 2.37. The Balaban J connectivity index is 1.48. The molecule has 0 saturated carbocycles. The van der Waals surface area contributed by atoms with Gasteiger partial charge in [-0.2, -0.15) is 0 Å². The predicted octanol–water partition coefficient (Wildman–Crippen LogP) is 5.99. The molecule has 0 spiro atoms. The number of ether oxygens (including phenoxy) is 3. The van der Waals surface area contributed by atoms with Gasteiger partial charge in [-0.25, -0.2) is 0 Å². The van der Waals surface area contributed by atoms with E-state index in [4.69, 9.17) is 26.4 Å². The van der Waals surface area contributed by atoms with Gasteiger partial charge in [0.15, 0.2) is 15.8 Å². The smallest absolute Gasteiger partial charge is 0.270 e. The summed E-state index contributed by atoms with van der Waals surface area (Å²) in [5.41, 5.74) is 2.23. The quantitative estimate of drug-likeness (QED) is 0.147. The molecule has 4 rings (SSSR count). The number of non-ortho nitro benzene ring substituents is 1. The number of methoxy groups -OCH3 is 1. The largest absolute Gasteiger partial charge is 0.494 e. The summed E-state index contributed by atoms with van der Waals surface area (Å²) in [7, 11) is 1.53. The van der Waals surface area contributed by atoms with Crippen molar-refractivity contribution in [3.63, 3.8) is 0 Å².